The van der Waals surface area contributed by atoms with Gasteiger partial charge in [-0.15, -0.1) is 0 Å². The molecule has 1 saturated carbocycles. The molecule has 30 heavy (non-hydrogen) atoms. The van der Waals surface area contributed by atoms with E-state index in [1.165, 1.54) is 12.4 Å². The minimum absolute atomic E-state index is 0. The van der Waals surface area contributed by atoms with Gasteiger partial charge in [-0.25, -0.2) is 0 Å². The summed E-state index contributed by atoms with van der Waals surface area (Å²) in [5.74, 6) is 0. The van der Waals surface area contributed by atoms with Crippen LogP contribution in [0.3, 0.4) is 0 Å². The van der Waals surface area contributed by atoms with Gasteiger partial charge in [-0.1, -0.05) is 10.3 Å². The first kappa shape index (κ1) is 25.8. The molecule has 2 aromatic heterocycles. The summed E-state index contributed by atoms with van der Waals surface area (Å²) in [5, 5.41) is 23.1. The first-order valence-electron chi connectivity index (χ1n) is 9.33. The van der Waals surface area contributed by atoms with E-state index in [-0.39, 0.29) is 37.0 Å². The van der Waals surface area contributed by atoms with Crippen molar-refractivity contribution in [1.82, 2.24) is 0 Å². The highest BCUT2D eigenvalue weighted by Crippen LogP contribution is 2.23. The smallest absolute Gasteiger partial charge is 0.252 e. The number of hydrogen-bond donors (Lipinski definition) is 2. The van der Waals surface area contributed by atoms with Crippen LogP contribution >= 0.6 is 0 Å². The maximum absolute atomic E-state index is 8.53. The molecule has 0 amide bonds. The summed E-state index contributed by atoms with van der Waals surface area (Å²) < 4.78 is 15.9. The molecule has 10 heteroatoms. The van der Waals surface area contributed by atoms with Crippen LogP contribution in [-0.4, -0.2) is 35.1 Å². The van der Waals surface area contributed by atoms with Gasteiger partial charge < -0.3 is 44.7 Å². The predicted octanol–water partition coefficient (Wildman–Crippen LogP) is -4.15. The Bertz CT molecular complexity index is 713. The summed E-state index contributed by atoms with van der Waals surface area (Å²) in [4.78, 5) is 0. The fraction of sp³-hybridized carbons (Fsp3) is 0.400. The van der Waals surface area contributed by atoms with E-state index in [0.29, 0.717) is 13.5 Å². The highest BCUT2D eigenvalue weighted by atomic mass is 35.5. The third-order valence-corrected chi connectivity index (χ3v) is 4.79. The summed E-state index contributed by atoms with van der Waals surface area (Å²) >= 11 is 0. The standard InChI is InChI=1S/C20H24N4O4.2ClH/c25-21-13-17-5-9-23(10-6-17)15-27-19-1-2-20(4-3-19)28-16-24-11-7-18(8-12-24)14-22-26;;/h5-14,19-20H,1-4,15-16H2;2*1H. The summed E-state index contributed by atoms with van der Waals surface area (Å²) in [5.41, 5.74) is 1.68. The van der Waals surface area contributed by atoms with Crippen LogP contribution in [0.1, 0.15) is 36.8 Å². The average Bonchev–Trinajstić information content (AvgIpc) is 2.74. The van der Waals surface area contributed by atoms with Gasteiger partial charge in [-0.05, 0) is 25.7 Å². The predicted molar refractivity (Wildman–Crippen MR) is 100 cm³/mol. The minimum atomic E-state index is 0. The van der Waals surface area contributed by atoms with Crippen LogP contribution < -0.4 is 33.9 Å². The van der Waals surface area contributed by atoms with E-state index >= 15 is 0 Å². The number of oxime groups is 2. The second-order valence-electron chi connectivity index (χ2n) is 6.77. The number of hydrogen-bond acceptors (Lipinski definition) is 6. The van der Waals surface area contributed by atoms with E-state index < -0.39 is 0 Å². The van der Waals surface area contributed by atoms with Crippen LogP contribution in [-0.2, 0) is 22.9 Å². The van der Waals surface area contributed by atoms with Crippen molar-refractivity contribution in [2.45, 2.75) is 51.4 Å². The van der Waals surface area contributed by atoms with Crippen molar-refractivity contribution in [3.8, 4) is 0 Å². The van der Waals surface area contributed by atoms with Crippen molar-refractivity contribution in [3.05, 3.63) is 60.2 Å². The van der Waals surface area contributed by atoms with Crippen molar-refractivity contribution in [2.75, 3.05) is 0 Å². The van der Waals surface area contributed by atoms with Gasteiger partial charge in [-0.2, -0.15) is 9.13 Å². The lowest BCUT2D eigenvalue weighted by Gasteiger charge is -2.26. The molecule has 0 atom stereocenters. The van der Waals surface area contributed by atoms with Crippen LogP contribution in [0.25, 0.3) is 0 Å². The molecule has 1 fully saturated rings. The quantitative estimate of drug-likeness (QED) is 0.182. The molecule has 2 heterocycles. The molecule has 8 nitrogen and oxygen atoms in total. The highest BCUT2D eigenvalue weighted by molar-refractivity contribution is 5.78. The van der Waals surface area contributed by atoms with Gasteiger partial charge in [0.25, 0.3) is 13.5 Å². The molecule has 0 aliphatic heterocycles. The molecule has 0 aromatic carbocycles. The maximum atomic E-state index is 8.53. The normalized spacial score (nSPS) is 18.8. The summed E-state index contributed by atoms with van der Waals surface area (Å²) in [6.07, 6.45) is 14.8. The monoisotopic (exact) mass is 456 g/mol. The van der Waals surface area contributed by atoms with E-state index in [4.69, 9.17) is 19.9 Å². The van der Waals surface area contributed by atoms with Gasteiger partial charge in [0.2, 0.25) is 0 Å². The Morgan fingerprint density at radius 2 is 1.07 bits per heavy atom. The van der Waals surface area contributed by atoms with Gasteiger partial charge in [0.15, 0.2) is 24.8 Å². The second-order valence-corrected chi connectivity index (χ2v) is 6.77. The fourth-order valence-electron chi connectivity index (χ4n) is 3.16. The zero-order valence-electron chi connectivity index (χ0n) is 16.4. The topological polar surface area (TPSA) is 91.4 Å². The Kier molecular flexibility index (Phi) is 11.9. The minimum Gasteiger partial charge on any atom is -1.00 e. The van der Waals surface area contributed by atoms with E-state index in [2.05, 4.69) is 10.3 Å². The fourth-order valence-corrected chi connectivity index (χ4v) is 3.16. The molecule has 164 valence electrons. The molecule has 2 N–H and O–H groups in total. The number of halogens is 2. The molecular weight excluding hydrogens is 431 g/mol. The van der Waals surface area contributed by atoms with E-state index in [1.807, 2.05) is 58.2 Å². The van der Waals surface area contributed by atoms with Gasteiger partial charge >= 0.3 is 0 Å². The molecule has 1 aliphatic rings. The van der Waals surface area contributed by atoms with Gasteiger partial charge in [-0.3, -0.25) is 0 Å². The molecule has 0 bridgehead atoms. The Balaban J connectivity index is 0.00000225. The number of ether oxygens (including phenoxy) is 2. The molecule has 1 aliphatic carbocycles. The number of pyridine rings is 2. The van der Waals surface area contributed by atoms with Crippen LogP contribution in [0, 0.1) is 0 Å². The zero-order valence-corrected chi connectivity index (χ0v) is 17.9. The summed E-state index contributed by atoms with van der Waals surface area (Å²) in [6.45, 7) is 1.01. The van der Waals surface area contributed by atoms with Crippen molar-refractivity contribution >= 4 is 12.4 Å². The van der Waals surface area contributed by atoms with Crippen molar-refractivity contribution in [1.29, 1.82) is 0 Å². The number of aromatic nitrogens is 2. The molecule has 0 radical (unpaired) electrons. The Labute approximate surface area is 188 Å². The highest BCUT2D eigenvalue weighted by Gasteiger charge is 2.23. The van der Waals surface area contributed by atoms with Crippen molar-refractivity contribution < 1.29 is 53.8 Å². The van der Waals surface area contributed by atoms with Gasteiger partial charge in [0, 0.05) is 35.4 Å². The lowest BCUT2D eigenvalue weighted by molar-refractivity contribution is -0.736. The Morgan fingerprint density at radius 3 is 1.37 bits per heavy atom. The Morgan fingerprint density at radius 1 is 0.733 bits per heavy atom. The summed E-state index contributed by atoms with van der Waals surface area (Å²) in [6, 6.07) is 7.48. The molecule has 0 saturated heterocycles. The number of rotatable bonds is 8. The van der Waals surface area contributed by atoms with Crippen LogP contribution in [0.5, 0.6) is 0 Å². The van der Waals surface area contributed by atoms with Crippen molar-refractivity contribution in [3.63, 3.8) is 0 Å². The first-order valence-corrected chi connectivity index (χ1v) is 9.33. The summed E-state index contributed by atoms with van der Waals surface area (Å²) in [7, 11) is 0. The van der Waals surface area contributed by atoms with Crippen LogP contribution in [0.15, 0.2) is 59.4 Å². The third kappa shape index (κ3) is 8.23. The second kappa shape index (κ2) is 13.9. The molecular formula is C20H26Cl2N4O4. The molecule has 3 rings (SSSR count). The van der Waals surface area contributed by atoms with Crippen molar-refractivity contribution in [2.24, 2.45) is 10.3 Å². The largest absolute Gasteiger partial charge is 1.00 e. The third-order valence-electron chi connectivity index (χ3n) is 4.79. The van der Waals surface area contributed by atoms with E-state index in [9.17, 15) is 0 Å². The molecule has 2 aromatic rings. The molecule has 0 spiro atoms. The van der Waals surface area contributed by atoms with E-state index in [0.717, 1.165) is 36.8 Å². The lowest BCUT2D eigenvalue weighted by atomic mass is 9.95. The zero-order chi connectivity index (χ0) is 19.6. The average molecular weight is 457 g/mol. The van der Waals surface area contributed by atoms with Gasteiger partial charge in [0.05, 0.1) is 24.6 Å². The number of nitrogens with zero attached hydrogens (tertiary/aromatic N) is 4. The molecule has 0 unspecified atom stereocenters. The van der Waals surface area contributed by atoms with E-state index in [1.54, 1.807) is 0 Å². The van der Waals surface area contributed by atoms with Crippen LogP contribution in [0.4, 0.5) is 0 Å². The maximum Gasteiger partial charge on any atom is 0.252 e. The SMILES string of the molecule is O/N=C\c1cc[n+](COC2CCC(OC[n+]3ccc(/C=N\O)cc3)CC2)cc1.[Cl-].[Cl-]. The van der Waals surface area contributed by atoms with Crippen LogP contribution in [0.2, 0.25) is 0 Å². The Hall–Kier alpha value is -2.26. The lowest BCUT2D eigenvalue weighted by Crippen LogP contribution is -3.00. The first-order chi connectivity index (χ1) is 13.8. The van der Waals surface area contributed by atoms with Gasteiger partial charge in [0.1, 0.15) is 0 Å².